The summed E-state index contributed by atoms with van der Waals surface area (Å²) in [5, 5.41) is 21.5. The zero-order valence-corrected chi connectivity index (χ0v) is 34.4. The highest BCUT2D eigenvalue weighted by Gasteiger charge is 2.33. The van der Waals surface area contributed by atoms with Crippen molar-refractivity contribution in [1.29, 1.82) is 0 Å². The lowest BCUT2D eigenvalue weighted by Crippen LogP contribution is -2.40. The largest absolute Gasteiger partial charge is 0.481 e. The summed E-state index contributed by atoms with van der Waals surface area (Å²) in [7, 11) is 0. The van der Waals surface area contributed by atoms with Gasteiger partial charge in [0.25, 0.3) is 0 Å². The molecule has 1 heterocycles. The zero-order chi connectivity index (χ0) is 39.8. The lowest BCUT2D eigenvalue weighted by atomic mass is 9.98. The number of benzene rings is 3. The Morgan fingerprint density at radius 2 is 1.29 bits per heavy atom. The number of amides is 1. The van der Waals surface area contributed by atoms with Gasteiger partial charge in [-0.2, -0.15) is 0 Å². The summed E-state index contributed by atoms with van der Waals surface area (Å²) in [6.07, 6.45) is 18.3. The van der Waals surface area contributed by atoms with E-state index >= 15 is 0 Å². The Labute approximate surface area is 337 Å². The van der Waals surface area contributed by atoms with Gasteiger partial charge >= 0.3 is 5.97 Å². The predicted octanol–water partition coefficient (Wildman–Crippen LogP) is 11.1. The fourth-order valence-corrected chi connectivity index (χ4v) is 7.57. The molecule has 3 N–H and O–H groups in total. The number of hydrogen-bond donors (Lipinski definition) is 3. The van der Waals surface area contributed by atoms with Crippen LogP contribution in [0.15, 0.2) is 72.8 Å². The quantitative estimate of drug-likeness (QED) is 0.0631. The highest BCUT2D eigenvalue weighted by atomic mass is 16.7. The van der Waals surface area contributed by atoms with Crippen LogP contribution in [0.3, 0.4) is 0 Å². The maximum absolute atomic E-state index is 12.4. The number of carbonyl (C=O) groups is 2. The average Bonchev–Trinajstić information content (AvgIpc) is 3.22. The zero-order valence-electron chi connectivity index (χ0n) is 34.4. The van der Waals surface area contributed by atoms with Gasteiger partial charge in [0, 0.05) is 37.9 Å². The summed E-state index contributed by atoms with van der Waals surface area (Å²) in [6, 6.07) is 24.8. The highest BCUT2D eigenvalue weighted by molar-refractivity contribution is 5.76. The molecule has 0 spiro atoms. The van der Waals surface area contributed by atoms with E-state index in [1.807, 2.05) is 24.3 Å². The Bertz CT molecular complexity index is 1510. The Hall–Kier alpha value is -3.56. The third kappa shape index (κ3) is 16.9. The topological polar surface area (TPSA) is 108 Å². The molecule has 8 heteroatoms. The van der Waals surface area contributed by atoms with Crippen LogP contribution < -0.4 is 5.32 Å². The van der Waals surface area contributed by atoms with Gasteiger partial charge in [0.15, 0.2) is 6.29 Å². The molecule has 308 valence electrons. The van der Waals surface area contributed by atoms with Crippen molar-refractivity contribution < 1.29 is 29.3 Å². The van der Waals surface area contributed by atoms with Crippen LogP contribution in [0.25, 0.3) is 11.1 Å². The molecule has 1 saturated heterocycles. The molecule has 3 atom stereocenters. The van der Waals surface area contributed by atoms with Crippen molar-refractivity contribution in [2.24, 2.45) is 0 Å². The van der Waals surface area contributed by atoms with Crippen molar-refractivity contribution >= 4 is 11.9 Å². The van der Waals surface area contributed by atoms with Gasteiger partial charge in [0.05, 0.1) is 18.8 Å². The van der Waals surface area contributed by atoms with Gasteiger partial charge in [-0.15, -0.1) is 0 Å². The molecular weight excluding hydrogens is 701 g/mol. The first kappa shape index (κ1) is 45.1. The summed E-state index contributed by atoms with van der Waals surface area (Å²) < 4.78 is 13.5. The van der Waals surface area contributed by atoms with E-state index in [1.165, 1.54) is 77.0 Å². The number of aliphatic carboxylic acids is 1. The number of rotatable bonds is 28. The number of carboxylic acids is 1. The molecule has 0 aliphatic carbocycles. The average molecular weight is 771 g/mol. The first-order valence-electron chi connectivity index (χ1n) is 21.8. The van der Waals surface area contributed by atoms with Crippen LogP contribution in [-0.2, 0) is 32.2 Å². The van der Waals surface area contributed by atoms with E-state index in [-0.39, 0.29) is 31.1 Å². The third-order valence-electron chi connectivity index (χ3n) is 11.0. The molecule has 1 amide bonds. The van der Waals surface area contributed by atoms with Gasteiger partial charge in [-0.1, -0.05) is 151 Å². The van der Waals surface area contributed by atoms with Crippen LogP contribution in [-0.4, -0.2) is 52.7 Å². The number of nitrogens with zero attached hydrogens (tertiary/aromatic N) is 1. The lowest BCUT2D eigenvalue weighted by molar-refractivity contribution is -0.253. The lowest BCUT2D eigenvalue weighted by Gasteiger charge is -2.38. The molecule has 0 bridgehead atoms. The monoisotopic (exact) mass is 771 g/mol. The number of carboxylic acid groups (broad SMARTS) is 1. The molecule has 0 saturated carbocycles. The molecule has 1 aliphatic heterocycles. The van der Waals surface area contributed by atoms with Crippen molar-refractivity contribution in [3.63, 3.8) is 0 Å². The minimum Gasteiger partial charge on any atom is -0.481 e. The number of carbonyl (C=O) groups excluding carboxylic acids is 1. The molecule has 0 aromatic heterocycles. The number of hydrogen-bond acceptors (Lipinski definition) is 6. The van der Waals surface area contributed by atoms with E-state index in [4.69, 9.17) is 14.6 Å². The number of ether oxygens (including phenoxy) is 2. The van der Waals surface area contributed by atoms with Gasteiger partial charge in [0.1, 0.15) is 0 Å². The number of aliphatic hydroxyl groups is 1. The number of aliphatic hydroxyl groups excluding tert-OH is 1. The van der Waals surface area contributed by atoms with Crippen molar-refractivity contribution in [1.82, 2.24) is 10.2 Å². The Morgan fingerprint density at radius 1 is 0.679 bits per heavy atom. The number of unbranched alkanes of at least 4 members (excludes halogenated alkanes) is 12. The van der Waals surface area contributed by atoms with E-state index in [0.29, 0.717) is 25.8 Å². The SMILES string of the molecule is CCCCCCCCN(CCCCCCCC)CC1CC(c2ccc(CO)cc2)OC(c2ccc(-c3cccc(CNC(=O)CCCCCC(=O)O)c3)cc2)O1. The summed E-state index contributed by atoms with van der Waals surface area (Å²) in [5.41, 5.74) is 6.16. The minimum atomic E-state index is -0.793. The molecule has 3 unspecified atom stereocenters. The Kier molecular flexibility index (Phi) is 21.3. The first-order chi connectivity index (χ1) is 27.4. The second kappa shape index (κ2) is 26.4. The molecule has 56 heavy (non-hydrogen) atoms. The second-order valence-electron chi connectivity index (χ2n) is 15.7. The van der Waals surface area contributed by atoms with Crippen molar-refractivity contribution in [2.75, 3.05) is 19.6 Å². The summed E-state index contributed by atoms with van der Waals surface area (Å²) in [4.78, 5) is 25.8. The summed E-state index contributed by atoms with van der Waals surface area (Å²) >= 11 is 0. The van der Waals surface area contributed by atoms with Gasteiger partial charge in [-0.3, -0.25) is 9.59 Å². The molecule has 3 aromatic rings. The molecule has 1 aliphatic rings. The van der Waals surface area contributed by atoms with E-state index in [0.717, 1.165) is 65.9 Å². The van der Waals surface area contributed by atoms with Gasteiger partial charge in [-0.05, 0) is 72.7 Å². The Balaban J connectivity index is 1.41. The number of nitrogens with one attached hydrogen (secondary N) is 1. The molecule has 4 rings (SSSR count). The maximum atomic E-state index is 12.4. The van der Waals surface area contributed by atoms with E-state index in [9.17, 15) is 14.7 Å². The van der Waals surface area contributed by atoms with E-state index in [1.54, 1.807) is 0 Å². The Morgan fingerprint density at radius 3 is 1.93 bits per heavy atom. The van der Waals surface area contributed by atoms with Crippen molar-refractivity contribution in [3.05, 3.63) is 95.1 Å². The van der Waals surface area contributed by atoms with Crippen molar-refractivity contribution in [3.8, 4) is 11.1 Å². The summed E-state index contributed by atoms with van der Waals surface area (Å²) in [6.45, 7) is 8.12. The van der Waals surface area contributed by atoms with Gasteiger partial charge in [-0.25, -0.2) is 0 Å². The fraction of sp³-hybridized carbons (Fsp3) is 0.583. The van der Waals surface area contributed by atoms with Crippen LogP contribution in [0.1, 0.15) is 164 Å². The molecule has 8 nitrogen and oxygen atoms in total. The van der Waals surface area contributed by atoms with Gasteiger partial charge < -0.3 is 29.9 Å². The van der Waals surface area contributed by atoms with Gasteiger partial charge in [0.2, 0.25) is 5.91 Å². The second-order valence-corrected chi connectivity index (χ2v) is 15.7. The fourth-order valence-electron chi connectivity index (χ4n) is 7.57. The van der Waals surface area contributed by atoms with E-state index < -0.39 is 12.3 Å². The smallest absolute Gasteiger partial charge is 0.303 e. The maximum Gasteiger partial charge on any atom is 0.303 e. The molecule has 3 aromatic carbocycles. The van der Waals surface area contributed by atoms with Crippen LogP contribution >= 0.6 is 0 Å². The van der Waals surface area contributed by atoms with Crippen LogP contribution in [0.4, 0.5) is 0 Å². The first-order valence-corrected chi connectivity index (χ1v) is 21.8. The van der Waals surface area contributed by atoms with Crippen LogP contribution in [0.2, 0.25) is 0 Å². The summed E-state index contributed by atoms with van der Waals surface area (Å²) in [5.74, 6) is -0.810. The molecule has 0 radical (unpaired) electrons. The third-order valence-corrected chi connectivity index (χ3v) is 11.0. The van der Waals surface area contributed by atoms with E-state index in [2.05, 4.69) is 72.6 Å². The predicted molar refractivity (Wildman–Crippen MR) is 226 cm³/mol. The van der Waals surface area contributed by atoms with Crippen LogP contribution in [0.5, 0.6) is 0 Å². The molecule has 1 fully saturated rings. The molecular formula is C48H70N2O6. The standard InChI is InChI=1S/C48H70N2O6/c1-3-5-7-9-11-16-31-50(32-17-12-10-8-6-4-2)36-44-34-45(41-25-23-38(37-51)24-26-41)56-48(55-44)42-29-27-40(28-30-42)43-20-18-19-39(33-43)35-49-46(52)21-14-13-15-22-47(53)54/h18-20,23-30,33,44-45,48,51H,3-17,21-22,31-32,34-37H2,1-2H3,(H,49,52)(H,53,54). The van der Waals surface area contributed by atoms with Crippen LogP contribution in [0, 0.1) is 0 Å². The van der Waals surface area contributed by atoms with Crippen molar-refractivity contribution in [2.45, 2.75) is 161 Å². The highest BCUT2D eigenvalue weighted by Crippen LogP contribution is 2.39. The minimum absolute atomic E-state index is 0.0172. The normalized spacial score (nSPS) is 17.0.